The number of hydrogen-bond donors (Lipinski definition) is 3. The van der Waals surface area contributed by atoms with Crippen LogP contribution < -0.4 is 5.73 Å². The number of rotatable bonds is 3. The van der Waals surface area contributed by atoms with E-state index in [2.05, 4.69) is 0 Å². The van der Waals surface area contributed by atoms with E-state index < -0.39 is 18.9 Å². The lowest BCUT2D eigenvalue weighted by Gasteiger charge is -2.11. The van der Waals surface area contributed by atoms with Crippen LogP contribution >= 0.6 is 12.4 Å². The van der Waals surface area contributed by atoms with Crippen LogP contribution in [0.4, 0.5) is 8.78 Å². The van der Waals surface area contributed by atoms with Gasteiger partial charge in [-0.05, 0) is 17.7 Å². The summed E-state index contributed by atoms with van der Waals surface area (Å²) in [5, 5.41) is 18.1. The molecule has 1 aromatic rings. The zero-order chi connectivity index (χ0) is 10.7. The molecule has 0 aliphatic rings. The molecule has 0 fully saturated rings. The van der Waals surface area contributed by atoms with Crippen LogP contribution in [0, 0.1) is 0 Å². The van der Waals surface area contributed by atoms with Gasteiger partial charge in [-0.25, -0.2) is 8.78 Å². The molecular formula is C9H12ClF2NO2. The van der Waals surface area contributed by atoms with E-state index in [4.69, 9.17) is 15.9 Å². The maximum Gasteiger partial charge on any atom is 0.240 e. The number of aromatic hydroxyl groups is 2. The average Bonchev–Trinajstić information content (AvgIpc) is 2.00. The molecule has 0 heterocycles. The Morgan fingerprint density at radius 1 is 1.13 bits per heavy atom. The fourth-order valence-corrected chi connectivity index (χ4v) is 1.16. The molecule has 0 unspecified atom stereocenters. The first-order chi connectivity index (χ1) is 6.49. The summed E-state index contributed by atoms with van der Waals surface area (Å²) in [7, 11) is 0. The number of halogens is 3. The third-order valence-corrected chi connectivity index (χ3v) is 1.79. The summed E-state index contributed by atoms with van der Waals surface area (Å²) in [5.41, 5.74) is 5.73. The molecule has 0 radical (unpaired) electrons. The topological polar surface area (TPSA) is 66.5 Å². The van der Waals surface area contributed by atoms with Crippen LogP contribution in [0.25, 0.3) is 0 Å². The molecule has 1 rings (SSSR count). The predicted octanol–water partition coefficient (Wildman–Crippen LogP) is 2.17. The van der Waals surface area contributed by atoms with Gasteiger partial charge in [0.25, 0.3) is 0 Å². The molecule has 4 N–H and O–H groups in total. The van der Waals surface area contributed by atoms with Crippen molar-refractivity contribution in [2.45, 2.75) is 18.9 Å². The Hall–Kier alpha value is -1.07. The summed E-state index contributed by atoms with van der Waals surface area (Å²) in [4.78, 5) is 0. The van der Waals surface area contributed by atoms with E-state index in [1.165, 1.54) is 12.1 Å². The van der Waals surface area contributed by atoms with Gasteiger partial charge in [0, 0.05) is 18.5 Å². The molecule has 0 bridgehead atoms. The number of phenols is 2. The van der Waals surface area contributed by atoms with Gasteiger partial charge < -0.3 is 15.9 Å². The smallest absolute Gasteiger partial charge is 0.240 e. The standard InChI is InChI=1S/C9H11F2NO2.ClH/c10-9(11)4-8(12)5-1-6(13)3-7(14)2-5;/h1-3,8-9,13-14H,4,12H2;1H/t8-;/m1./s1. The zero-order valence-corrected chi connectivity index (χ0v) is 8.55. The van der Waals surface area contributed by atoms with Crippen molar-refractivity contribution < 1.29 is 19.0 Å². The van der Waals surface area contributed by atoms with E-state index in [1.807, 2.05) is 0 Å². The quantitative estimate of drug-likeness (QED) is 0.757. The Labute approximate surface area is 91.9 Å². The normalized spacial score (nSPS) is 12.3. The van der Waals surface area contributed by atoms with E-state index in [9.17, 15) is 8.78 Å². The highest BCUT2D eigenvalue weighted by molar-refractivity contribution is 5.85. The third-order valence-electron chi connectivity index (χ3n) is 1.79. The highest BCUT2D eigenvalue weighted by Gasteiger charge is 2.14. The molecule has 3 nitrogen and oxygen atoms in total. The van der Waals surface area contributed by atoms with Crippen LogP contribution in [-0.2, 0) is 0 Å². The Kier molecular flexibility index (Phi) is 5.32. The van der Waals surface area contributed by atoms with E-state index in [0.29, 0.717) is 5.56 Å². The molecule has 0 aliphatic heterocycles. The van der Waals surface area contributed by atoms with Gasteiger partial charge >= 0.3 is 0 Å². The lowest BCUT2D eigenvalue weighted by atomic mass is 10.0. The van der Waals surface area contributed by atoms with Crippen LogP contribution in [-0.4, -0.2) is 16.6 Å². The Bertz CT molecular complexity index is 303. The summed E-state index contributed by atoms with van der Waals surface area (Å²) in [6, 6.07) is 2.74. The lowest BCUT2D eigenvalue weighted by Crippen LogP contribution is -2.13. The van der Waals surface area contributed by atoms with Gasteiger partial charge in [0.1, 0.15) is 11.5 Å². The van der Waals surface area contributed by atoms with Gasteiger partial charge in [-0.3, -0.25) is 0 Å². The summed E-state index contributed by atoms with van der Waals surface area (Å²) in [6.07, 6.45) is -3.00. The molecule has 15 heavy (non-hydrogen) atoms. The molecule has 0 saturated heterocycles. The number of hydrogen-bond acceptors (Lipinski definition) is 3. The Morgan fingerprint density at radius 2 is 1.60 bits per heavy atom. The van der Waals surface area contributed by atoms with Crippen molar-refractivity contribution in [3.8, 4) is 11.5 Å². The van der Waals surface area contributed by atoms with Crippen molar-refractivity contribution >= 4 is 12.4 Å². The van der Waals surface area contributed by atoms with Crippen LogP contribution in [0.5, 0.6) is 11.5 Å². The van der Waals surface area contributed by atoms with Crippen molar-refractivity contribution in [2.24, 2.45) is 5.73 Å². The lowest BCUT2D eigenvalue weighted by molar-refractivity contribution is 0.128. The molecule has 0 aliphatic carbocycles. The van der Waals surface area contributed by atoms with Gasteiger partial charge in [-0.2, -0.15) is 0 Å². The molecular weight excluding hydrogens is 228 g/mol. The molecule has 0 amide bonds. The van der Waals surface area contributed by atoms with Crippen molar-refractivity contribution in [2.75, 3.05) is 0 Å². The molecule has 1 atom stereocenters. The van der Waals surface area contributed by atoms with E-state index >= 15 is 0 Å². The zero-order valence-electron chi connectivity index (χ0n) is 7.73. The minimum Gasteiger partial charge on any atom is -0.508 e. The number of phenolic OH excluding ortho intramolecular Hbond substituents is 2. The van der Waals surface area contributed by atoms with Gasteiger partial charge in [0.2, 0.25) is 6.43 Å². The molecule has 0 spiro atoms. The van der Waals surface area contributed by atoms with Crippen molar-refractivity contribution in [3.63, 3.8) is 0 Å². The molecule has 86 valence electrons. The first-order valence-electron chi connectivity index (χ1n) is 4.05. The van der Waals surface area contributed by atoms with Gasteiger partial charge in [-0.15, -0.1) is 12.4 Å². The second-order valence-electron chi connectivity index (χ2n) is 3.02. The summed E-state index contributed by atoms with van der Waals surface area (Å²) >= 11 is 0. The van der Waals surface area contributed by atoms with Crippen molar-refractivity contribution in [1.29, 1.82) is 0 Å². The van der Waals surface area contributed by atoms with Crippen LogP contribution in [0.2, 0.25) is 0 Å². The van der Waals surface area contributed by atoms with Crippen LogP contribution in [0.1, 0.15) is 18.0 Å². The van der Waals surface area contributed by atoms with Gasteiger partial charge in [0.15, 0.2) is 0 Å². The third kappa shape index (κ3) is 4.31. The van der Waals surface area contributed by atoms with Gasteiger partial charge in [-0.1, -0.05) is 0 Å². The SMILES string of the molecule is Cl.N[C@H](CC(F)F)c1cc(O)cc(O)c1. The number of benzene rings is 1. The van der Waals surface area contributed by atoms with E-state index in [0.717, 1.165) is 6.07 Å². The van der Waals surface area contributed by atoms with Crippen LogP contribution in [0.15, 0.2) is 18.2 Å². The summed E-state index contributed by atoms with van der Waals surface area (Å²) in [6.45, 7) is 0. The summed E-state index contributed by atoms with van der Waals surface area (Å²) in [5.74, 6) is -0.380. The molecule has 1 aromatic carbocycles. The Morgan fingerprint density at radius 3 is 2.00 bits per heavy atom. The largest absolute Gasteiger partial charge is 0.508 e. The first-order valence-corrected chi connectivity index (χ1v) is 4.05. The number of alkyl halides is 2. The highest BCUT2D eigenvalue weighted by Crippen LogP contribution is 2.26. The van der Waals surface area contributed by atoms with Gasteiger partial charge in [0.05, 0.1) is 0 Å². The minimum atomic E-state index is -2.51. The molecule has 0 aromatic heterocycles. The van der Waals surface area contributed by atoms with E-state index in [-0.39, 0.29) is 23.9 Å². The van der Waals surface area contributed by atoms with Crippen LogP contribution in [0.3, 0.4) is 0 Å². The number of nitrogens with two attached hydrogens (primary N) is 1. The van der Waals surface area contributed by atoms with Crippen molar-refractivity contribution in [1.82, 2.24) is 0 Å². The molecule has 0 saturated carbocycles. The maximum atomic E-state index is 12.0. The fourth-order valence-electron chi connectivity index (χ4n) is 1.16. The predicted molar refractivity (Wildman–Crippen MR) is 54.6 cm³/mol. The van der Waals surface area contributed by atoms with Crippen molar-refractivity contribution in [3.05, 3.63) is 23.8 Å². The monoisotopic (exact) mass is 239 g/mol. The second-order valence-corrected chi connectivity index (χ2v) is 3.02. The minimum absolute atomic E-state index is 0. The maximum absolute atomic E-state index is 12.0. The average molecular weight is 240 g/mol. The van der Waals surface area contributed by atoms with E-state index in [1.54, 1.807) is 0 Å². The molecule has 6 heteroatoms. The fraction of sp³-hybridized carbons (Fsp3) is 0.333. The summed E-state index contributed by atoms with van der Waals surface area (Å²) < 4.78 is 23.9. The first kappa shape index (κ1) is 13.9. The highest BCUT2D eigenvalue weighted by atomic mass is 35.5. The Balaban J connectivity index is 0.00000196. The second kappa shape index (κ2) is 5.72.